The lowest BCUT2D eigenvalue weighted by molar-refractivity contribution is -0.141. The summed E-state index contributed by atoms with van der Waals surface area (Å²) in [5.41, 5.74) is 4.29. The number of hydrogen-bond donors (Lipinski definition) is 0. The van der Waals surface area contributed by atoms with Crippen LogP contribution in [0.1, 0.15) is 62.9 Å². The SMILES string of the molecule is CC(C)C1[C@@H](c2ccccc2N(C=O)c2cccc(-c3ccc(C(=O)N(C)C)c(Cl)c3)c2)CCN1C(=O)C(C)(C)C. The summed E-state index contributed by atoms with van der Waals surface area (Å²) in [4.78, 5) is 43.7. The quantitative estimate of drug-likeness (QED) is 0.277. The number of benzene rings is 3. The Morgan fingerprint density at radius 3 is 2.27 bits per heavy atom. The van der Waals surface area contributed by atoms with E-state index in [1.54, 1.807) is 31.1 Å². The highest BCUT2D eigenvalue weighted by Crippen LogP contribution is 2.44. The molecule has 0 spiro atoms. The molecular weight excluding hydrogens is 534 g/mol. The van der Waals surface area contributed by atoms with E-state index in [2.05, 4.69) is 19.9 Å². The lowest BCUT2D eigenvalue weighted by Crippen LogP contribution is -2.45. The summed E-state index contributed by atoms with van der Waals surface area (Å²) in [6.45, 7) is 10.9. The van der Waals surface area contributed by atoms with E-state index in [-0.39, 0.29) is 29.7 Å². The third-order valence-electron chi connectivity index (χ3n) is 7.80. The zero-order valence-corrected chi connectivity index (χ0v) is 25.8. The van der Waals surface area contributed by atoms with Gasteiger partial charge in [-0.15, -0.1) is 0 Å². The molecule has 1 aliphatic rings. The van der Waals surface area contributed by atoms with Gasteiger partial charge in [0.1, 0.15) is 0 Å². The number of likely N-dealkylation sites (tertiary alicyclic amines) is 1. The fourth-order valence-corrected chi connectivity index (χ4v) is 6.13. The first-order valence-electron chi connectivity index (χ1n) is 14.1. The van der Waals surface area contributed by atoms with Crippen molar-refractivity contribution in [2.45, 2.75) is 53.0 Å². The lowest BCUT2D eigenvalue weighted by Gasteiger charge is -2.36. The average Bonchev–Trinajstić information content (AvgIpc) is 3.38. The molecule has 7 heteroatoms. The van der Waals surface area contributed by atoms with Gasteiger partial charge in [-0.3, -0.25) is 19.3 Å². The molecule has 2 atom stereocenters. The number of nitrogens with zero attached hydrogens (tertiary/aromatic N) is 3. The zero-order chi connectivity index (χ0) is 30.1. The van der Waals surface area contributed by atoms with Crippen LogP contribution in [0.4, 0.5) is 11.4 Å². The maximum Gasteiger partial charge on any atom is 0.254 e. The highest BCUT2D eigenvalue weighted by atomic mass is 35.5. The molecule has 6 nitrogen and oxygen atoms in total. The molecule has 0 aromatic heterocycles. The van der Waals surface area contributed by atoms with Crippen molar-refractivity contribution in [2.75, 3.05) is 25.5 Å². The fraction of sp³-hybridized carbons (Fsp3) is 0.382. The summed E-state index contributed by atoms with van der Waals surface area (Å²) in [6, 6.07) is 21.1. The zero-order valence-electron chi connectivity index (χ0n) is 25.0. The highest BCUT2D eigenvalue weighted by Gasteiger charge is 2.43. The van der Waals surface area contributed by atoms with E-state index in [1.807, 2.05) is 74.2 Å². The Kier molecular flexibility index (Phi) is 8.93. The molecule has 3 aromatic rings. The minimum Gasteiger partial charge on any atom is -0.345 e. The molecular formula is C34H40ClN3O3. The minimum atomic E-state index is -0.461. The van der Waals surface area contributed by atoms with Crippen molar-refractivity contribution in [1.29, 1.82) is 0 Å². The molecule has 3 amide bonds. The van der Waals surface area contributed by atoms with E-state index >= 15 is 0 Å². The van der Waals surface area contributed by atoms with Gasteiger partial charge in [-0.1, -0.05) is 82.6 Å². The van der Waals surface area contributed by atoms with Gasteiger partial charge in [0.15, 0.2) is 0 Å². The number of halogens is 1. The van der Waals surface area contributed by atoms with E-state index in [0.717, 1.165) is 40.9 Å². The molecule has 1 saturated heterocycles. The van der Waals surface area contributed by atoms with E-state index in [0.29, 0.717) is 17.1 Å². The van der Waals surface area contributed by atoms with Crippen LogP contribution in [0.25, 0.3) is 11.1 Å². The summed E-state index contributed by atoms with van der Waals surface area (Å²) < 4.78 is 0. The molecule has 4 rings (SSSR count). The number of hydrogen-bond acceptors (Lipinski definition) is 3. The van der Waals surface area contributed by atoms with Crippen LogP contribution in [0.5, 0.6) is 0 Å². The molecule has 1 aliphatic heterocycles. The van der Waals surface area contributed by atoms with Crippen molar-refractivity contribution in [3.8, 4) is 11.1 Å². The van der Waals surface area contributed by atoms with Crippen molar-refractivity contribution >= 4 is 41.2 Å². The standard InChI is InChI=1S/C34H40ClN3O3/c1-22(2)31-27(17-18-37(31)33(41)34(3,4)5)26-13-8-9-14-30(26)38(21-39)25-12-10-11-23(19-25)24-15-16-28(29(35)20-24)32(40)36(6)7/h8-16,19-22,27,31H,17-18H2,1-7H3/t27-,31?/m1/s1. The summed E-state index contributed by atoms with van der Waals surface area (Å²) in [6.07, 6.45) is 1.69. The van der Waals surface area contributed by atoms with Gasteiger partial charge in [0, 0.05) is 43.7 Å². The molecule has 216 valence electrons. The minimum absolute atomic E-state index is 0.0354. The van der Waals surface area contributed by atoms with Crippen molar-refractivity contribution in [3.05, 3.63) is 82.9 Å². The van der Waals surface area contributed by atoms with Gasteiger partial charge in [-0.2, -0.15) is 0 Å². The Labute approximate surface area is 248 Å². The van der Waals surface area contributed by atoms with Gasteiger partial charge in [0.25, 0.3) is 5.91 Å². The van der Waals surface area contributed by atoms with Gasteiger partial charge in [-0.05, 0) is 59.4 Å². The molecule has 1 heterocycles. The maximum atomic E-state index is 13.4. The molecule has 3 aromatic carbocycles. The van der Waals surface area contributed by atoms with Crippen LogP contribution in [-0.2, 0) is 9.59 Å². The number of para-hydroxylation sites is 1. The van der Waals surface area contributed by atoms with Crippen molar-refractivity contribution in [1.82, 2.24) is 9.80 Å². The molecule has 1 unspecified atom stereocenters. The monoisotopic (exact) mass is 573 g/mol. The summed E-state index contributed by atoms with van der Waals surface area (Å²) >= 11 is 6.50. The molecule has 0 aliphatic carbocycles. The normalized spacial score (nSPS) is 17.0. The van der Waals surface area contributed by atoms with E-state index in [1.165, 1.54) is 4.90 Å². The first kappa shape index (κ1) is 30.3. The predicted molar refractivity (Wildman–Crippen MR) is 167 cm³/mol. The second-order valence-electron chi connectivity index (χ2n) is 12.4. The average molecular weight is 574 g/mol. The lowest BCUT2D eigenvalue weighted by atomic mass is 9.83. The van der Waals surface area contributed by atoms with Crippen LogP contribution < -0.4 is 4.90 Å². The Morgan fingerprint density at radius 2 is 1.66 bits per heavy atom. The van der Waals surface area contributed by atoms with Crippen molar-refractivity contribution in [2.24, 2.45) is 11.3 Å². The largest absolute Gasteiger partial charge is 0.345 e. The molecule has 1 fully saturated rings. The van der Waals surface area contributed by atoms with Crippen molar-refractivity contribution < 1.29 is 14.4 Å². The van der Waals surface area contributed by atoms with E-state index in [4.69, 9.17) is 11.6 Å². The highest BCUT2D eigenvalue weighted by molar-refractivity contribution is 6.34. The van der Waals surface area contributed by atoms with Gasteiger partial charge in [-0.25, -0.2) is 0 Å². The summed E-state index contributed by atoms with van der Waals surface area (Å²) in [5, 5.41) is 0.375. The third-order valence-corrected chi connectivity index (χ3v) is 8.12. The van der Waals surface area contributed by atoms with Crippen LogP contribution in [0, 0.1) is 11.3 Å². The van der Waals surface area contributed by atoms with Gasteiger partial charge < -0.3 is 9.80 Å². The molecule has 0 saturated carbocycles. The van der Waals surface area contributed by atoms with Crippen LogP contribution >= 0.6 is 11.6 Å². The topological polar surface area (TPSA) is 60.9 Å². The second kappa shape index (κ2) is 12.1. The summed E-state index contributed by atoms with van der Waals surface area (Å²) in [5.74, 6) is 0.354. The van der Waals surface area contributed by atoms with Gasteiger partial charge >= 0.3 is 0 Å². The van der Waals surface area contributed by atoms with E-state index < -0.39 is 5.41 Å². The molecule has 0 radical (unpaired) electrons. The fourth-order valence-electron chi connectivity index (χ4n) is 5.87. The Balaban J connectivity index is 1.71. The van der Waals surface area contributed by atoms with Crippen LogP contribution in [0.3, 0.4) is 0 Å². The predicted octanol–water partition coefficient (Wildman–Crippen LogP) is 7.39. The Hall–Kier alpha value is -3.64. The van der Waals surface area contributed by atoms with Crippen LogP contribution in [0.15, 0.2) is 66.7 Å². The third kappa shape index (κ3) is 6.18. The van der Waals surface area contributed by atoms with Crippen molar-refractivity contribution in [3.63, 3.8) is 0 Å². The molecule has 0 bridgehead atoms. The first-order chi connectivity index (χ1) is 19.3. The number of carbonyl (C=O) groups is 3. The number of anilines is 2. The smallest absolute Gasteiger partial charge is 0.254 e. The maximum absolute atomic E-state index is 13.4. The molecule has 41 heavy (non-hydrogen) atoms. The number of rotatable bonds is 7. The summed E-state index contributed by atoms with van der Waals surface area (Å²) in [7, 11) is 3.38. The number of amides is 3. The van der Waals surface area contributed by atoms with Crippen LogP contribution in [-0.4, -0.2) is 54.7 Å². The Morgan fingerprint density at radius 1 is 0.976 bits per heavy atom. The van der Waals surface area contributed by atoms with E-state index in [9.17, 15) is 14.4 Å². The van der Waals surface area contributed by atoms with Gasteiger partial charge in [0.05, 0.1) is 16.3 Å². The van der Waals surface area contributed by atoms with Crippen LogP contribution in [0.2, 0.25) is 5.02 Å². The Bertz CT molecular complexity index is 1440. The second-order valence-corrected chi connectivity index (χ2v) is 12.8. The molecule has 0 N–H and O–H groups in total. The van der Waals surface area contributed by atoms with Gasteiger partial charge in [0.2, 0.25) is 12.3 Å². The first-order valence-corrected chi connectivity index (χ1v) is 14.5. The number of carbonyl (C=O) groups excluding carboxylic acids is 3.